The number of carboxylic acids is 1. The fourth-order valence-corrected chi connectivity index (χ4v) is 1.75. The molecule has 0 aromatic heterocycles. The molecule has 0 saturated heterocycles. The van der Waals surface area contributed by atoms with E-state index in [0.717, 1.165) is 0 Å². The smallest absolute Gasteiger partial charge is 0.313 e. The van der Waals surface area contributed by atoms with E-state index in [9.17, 15) is 9.18 Å². The lowest BCUT2D eigenvalue weighted by Gasteiger charge is -2.48. The Labute approximate surface area is 70.7 Å². The highest BCUT2D eigenvalue weighted by Crippen LogP contribution is 2.50. The van der Waals surface area contributed by atoms with Crippen LogP contribution in [-0.2, 0) is 4.79 Å². The zero-order chi connectivity index (χ0) is 9.57. The monoisotopic (exact) mass is 175 g/mol. The van der Waals surface area contributed by atoms with Crippen LogP contribution in [0, 0.1) is 5.41 Å². The molecule has 0 aliphatic heterocycles. The number of halogens is 1. The molecule has 0 aromatic rings. The Kier molecular flexibility index (Phi) is 1.91. The van der Waals surface area contributed by atoms with Crippen LogP contribution in [0.3, 0.4) is 0 Å². The molecule has 0 heterocycles. The van der Waals surface area contributed by atoms with Crippen molar-refractivity contribution < 1.29 is 14.3 Å². The van der Waals surface area contributed by atoms with Gasteiger partial charge < -0.3 is 10.8 Å². The van der Waals surface area contributed by atoms with Crippen LogP contribution in [0.5, 0.6) is 0 Å². The molecule has 1 fully saturated rings. The normalized spacial score (nSPS) is 35.8. The molecule has 1 saturated carbocycles. The predicted octanol–water partition coefficient (Wildman–Crippen LogP) is 0.927. The second-order valence-electron chi connectivity index (χ2n) is 4.03. The van der Waals surface area contributed by atoms with Crippen LogP contribution < -0.4 is 5.73 Å². The minimum Gasteiger partial charge on any atom is -0.481 e. The van der Waals surface area contributed by atoms with E-state index in [0.29, 0.717) is 0 Å². The van der Waals surface area contributed by atoms with Crippen LogP contribution in [0.4, 0.5) is 4.39 Å². The van der Waals surface area contributed by atoms with Gasteiger partial charge in [0.2, 0.25) is 0 Å². The molecule has 0 amide bonds. The van der Waals surface area contributed by atoms with Crippen molar-refractivity contribution in [2.45, 2.75) is 38.4 Å². The largest absolute Gasteiger partial charge is 0.481 e. The lowest BCUT2D eigenvalue weighted by atomic mass is 9.58. The summed E-state index contributed by atoms with van der Waals surface area (Å²) < 4.78 is 13.5. The molecule has 1 aliphatic carbocycles. The minimum atomic E-state index is -1.69. The Balaban J connectivity index is 2.84. The van der Waals surface area contributed by atoms with Gasteiger partial charge in [-0.15, -0.1) is 0 Å². The Morgan fingerprint density at radius 2 is 2.08 bits per heavy atom. The Morgan fingerprint density at radius 1 is 1.67 bits per heavy atom. The molecular weight excluding hydrogens is 161 g/mol. The molecule has 0 atom stereocenters. The molecule has 0 unspecified atom stereocenters. The van der Waals surface area contributed by atoms with Gasteiger partial charge in [-0.2, -0.15) is 0 Å². The summed E-state index contributed by atoms with van der Waals surface area (Å²) in [6.07, 6.45) is 0.484. The van der Waals surface area contributed by atoms with Gasteiger partial charge in [-0.3, -0.25) is 4.79 Å². The quantitative estimate of drug-likeness (QED) is 0.656. The van der Waals surface area contributed by atoms with Gasteiger partial charge in [0.15, 0.2) is 0 Å². The van der Waals surface area contributed by atoms with Crippen LogP contribution in [0.2, 0.25) is 0 Å². The van der Waals surface area contributed by atoms with Crippen molar-refractivity contribution in [3.63, 3.8) is 0 Å². The lowest BCUT2D eigenvalue weighted by molar-refractivity contribution is -0.170. The topological polar surface area (TPSA) is 63.3 Å². The molecule has 0 bridgehead atoms. The second-order valence-corrected chi connectivity index (χ2v) is 4.03. The number of rotatable bonds is 2. The lowest BCUT2D eigenvalue weighted by Crippen LogP contribution is -2.59. The molecule has 1 rings (SSSR count). The molecule has 1 aliphatic rings. The van der Waals surface area contributed by atoms with E-state index in [1.165, 1.54) is 13.8 Å². The van der Waals surface area contributed by atoms with Crippen molar-refractivity contribution in [2.24, 2.45) is 11.1 Å². The summed E-state index contributed by atoms with van der Waals surface area (Å²) in [5.74, 6) is -1.07. The zero-order valence-electron chi connectivity index (χ0n) is 7.30. The first-order valence-corrected chi connectivity index (χ1v) is 3.97. The maximum atomic E-state index is 13.5. The number of nitrogens with two attached hydrogens (primary N) is 1. The van der Waals surface area contributed by atoms with Crippen LogP contribution in [-0.4, -0.2) is 22.8 Å². The van der Waals surface area contributed by atoms with E-state index in [1.807, 2.05) is 0 Å². The third-order valence-electron chi connectivity index (χ3n) is 2.77. The summed E-state index contributed by atoms with van der Waals surface area (Å²) in [5, 5.41) is 8.84. The number of carboxylic acid groups (broad SMARTS) is 1. The summed E-state index contributed by atoms with van der Waals surface area (Å²) in [7, 11) is 0. The summed E-state index contributed by atoms with van der Waals surface area (Å²) in [6, 6.07) is -0.156. The van der Waals surface area contributed by atoms with Gasteiger partial charge in [-0.1, -0.05) is 0 Å². The van der Waals surface area contributed by atoms with Crippen LogP contribution in [0.1, 0.15) is 26.7 Å². The maximum absolute atomic E-state index is 13.5. The third-order valence-corrected chi connectivity index (χ3v) is 2.77. The number of carbonyl (C=O) groups is 1. The van der Waals surface area contributed by atoms with Gasteiger partial charge in [0.05, 0.1) is 0 Å². The SMILES string of the molecule is CC(C)(F)C1(C(=O)O)CC(N)C1. The van der Waals surface area contributed by atoms with Crippen LogP contribution in [0.15, 0.2) is 0 Å². The fourth-order valence-electron chi connectivity index (χ4n) is 1.75. The van der Waals surface area contributed by atoms with Gasteiger partial charge in [0, 0.05) is 6.04 Å². The minimum absolute atomic E-state index is 0.156. The third kappa shape index (κ3) is 1.10. The standard InChI is InChI=1S/C8H14FNO2/c1-7(2,9)8(6(11)12)3-5(10)4-8/h5H,3-4,10H2,1-2H3,(H,11,12). The molecule has 0 radical (unpaired) electrons. The van der Waals surface area contributed by atoms with E-state index in [-0.39, 0.29) is 18.9 Å². The molecular formula is C8H14FNO2. The van der Waals surface area contributed by atoms with Crippen molar-refractivity contribution in [2.75, 3.05) is 0 Å². The van der Waals surface area contributed by atoms with E-state index in [1.54, 1.807) is 0 Å². The zero-order valence-corrected chi connectivity index (χ0v) is 7.30. The highest BCUT2D eigenvalue weighted by Gasteiger charge is 2.59. The van der Waals surface area contributed by atoms with Crippen molar-refractivity contribution in [1.29, 1.82) is 0 Å². The van der Waals surface area contributed by atoms with E-state index >= 15 is 0 Å². The molecule has 70 valence electrons. The molecule has 4 heteroatoms. The molecule has 0 aromatic carbocycles. The Bertz CT molecular complexity index is 204. The number of hydrogen-bond acceptors (Lipinski definition) is 2. The van der Waals surface area contributed by atoms with Crippen LogP contribution in [0.25, 0.3) is 0 Å². The predicted molar refractivity (Wildman–Crippen MR) is 42.5 cm³/mol. The average molecular weight is 175 g/mol. The van der Waals surface area contributed by atoms with Gasteiger partial charge in [-0.05, 0) is 26.7 Å². The fraction of sp³-hybridized carbons (Fsp3) is 0.875. The van der Waals surface area contributed by atoms with Crippen molar-refractivity contribution in [1.82, 2.24) is 0 Å². The summed E-state index contributed by atoms with van der Waals surface area (Å²) in [4.78, 5) is 10.8. The number of hydrogen-bond donors (Lipinski definition) is 2. The van der Waals surface area contributed by atoms with Crippen molar-refractivity contribution >= 4 is 5.97 Å². The highest BCUT2D eigenvalue weighted by atomic mass is 19.1. The molecule has 12 heavy (non-hydrogen) atoms. The summed E-state index contributed by atoms with van der Waals surface area (Å²) >= 11 is 0. The maximum Gasteiger partial charge on any atom is 0.313 e. The van der Waals surface area contributed by atoms with Gasteiger partial charge in [0.25, 0.3) is 0 Å². The molecule has 3 nitrogen and oxygen atoms in total. The van der Waals surface area contributed by atoms with Gasteiger partial charge in [-0.25, -0.2) is 4.39 Å². The Hall–Kier alpha value is -0.640. The first-order valence-electron chi connectivity index (χ1n) is 3.97. The molecule has 0 spiro atoms. The van der Waals surface area contributed by atoms with Crippen molar-refractivity contribution in [3.8, 4) is 0 Å². The number of aliphatic carboxylic acids is 1. The average Bonchev–Trinajstić information content (AvgIpc) is 1.76. The van der Waals surface area contributed by atoms with Crippen molar-refractivity contribution in [3.05, 3.63) is 0 Å². The summed E-state index contributed by atoms with van der Waals surface area (Å²) in [5.41, 5.74) is 2.53. The van der Waals surface area contributed by atoms with E-state index in [2.05, 4.69) is 0 Å². The molecule has 3 N–H and O–H groups in total. The highest BCUT2D eigenvalue weighted by molar-refractivity contribution is 5.77. The summed E-state index contributed by atoms with van der Waals surface area (Å²) in [6.45, 7) is 2.60. The first-order chi connectivity index (χ1) is 5.29. The van der Waals surface area contributed by atoms with Gasteiger partial charge >= 0.3 is 5.97 Å². The van der Waals surface area contributed by atoms with Crippen LogP contribution >= 0.6 is 0 Å². The second kappa shape index (κ2) is 2.42. The van der Waals surface area contributed by atoms with E-state index in [4.69, 9.17) is 10.8 Å². The first kappa shape index (κ1) is 9.45. The van der Waals surface area contributed by atoms with Gasteiger partial charge in [0.1, 0.15) is 11.1 Å². The Morgan fingerprint density at radius 3 is 2.17 bits per heavy atom. The van der Waals surface area contributed by atoms with E-state index < -0.39 is 17.1 Å². The number of alkyl halides is 1.